The maximum absolute atomic E-state index is 12.5. The normalized spacial score (nSPS) is 22.5. The minimum absolute atomic E-state index is 0.311. The molecule has 8 heteroatoms. The first-order valence-electron chi connectivity index (χ1n) is 7.36. The average Bonchev–Trinajstić information content (AvgIpc) is 2.81. The van der Waals surface area contributed by atoms with Crippen molar-refractivity contribution in [1.82, 2.24) is 0 Å². The van der Waals surface area contributed by atoms with Gasteiger partial charge in [0.1, 0.15) is 0 Å². The van der Waals surface area contributed by atoms with Crippen LogP contribution in [0.15, 0.2) is 48.5 Å². The van der Waals surface area contributed by atoms with Crippen molar-refractivity contribution < 1.29 is 25.2 Å². The molecule has 1 saturated heterocycles. The van der Waals surface area contributed by atoms with Gasteiger partial charge in [0.15, 0.2) is 0 Å². The highest BCUT2D eigenvalue weighted by Gasteiger charge is 2.51. The molecular weight excluding hydrogens is 352 g/mol. The van der Waals surface area contributed by atoms with Gasteiger partial charge >= 0.3 is 0 Å². The van der Waals surface area contributed by atoms with Crippen LogP contribution in [0.4, 0.5) is 0 Å². The number of hydrogen-bond acceptors (Lipinski definition) is 6. The topological polar surface area (TPSA) is 86.7 Å². The van der Waals surface area contributed by atoms with E-state index in [-0.39, 0.29) is 13.2 Å². The minimum Gasteiger partial charge on any atom is -0.267 e. The van der Waals surface area contributed by atoms with Gasteiger partial charge in [-0.2, -0.15) is 16.8 Å². The Hall–Kier alpha value is -1.74. The first-order chi connectivity index (χ1) is 11.4. The van der Waals surface area contributed by atoms with Gasteiger partial charge < -0.3 is 0 Å². The Morgan fingerprint density at radius 2 is 1.12 bits per heavy atom. The summed E-state index contributed by atoms with van der Waals surface area (Å²) < 4.78 is 58.0. The van der Waals surface area contributed by atoms with Gasteiger partial charge in [0.25, 0.3) is 20.2 Å². The molecule has 1 aliphatic heterocycles. The molecule has 2 aromatic carbocycles. The van der Waals surface area contributed by atoms with E-state index in [4.69, 9.17) is 8.37 Å². The highest BCUT2D eigenvalue weighted by atomic mass is 32.3. The summed E-state index contributed by atoms with van der Waals surface area (Å²) in [5.41, 5.74) is 2.94. The number of benzene rings is 2. The van der Waals surface area contributed by atoms with Gasteiger partial charge in [0, 0.05) is 5.92 Å². The van der Waals surface area contributed by atoms with Crippen molar-refractivity contribution in [2.45, 2.75) is 10.5 Å². The summed E-state index contributed by atoms with van der Waals surface area (Å²) in [4.78, 5) is 0. The molecule has 0 bridgehead atoms. The maximum atomic E-state index is 12.5. The third-order valence-electron chi connectivity index (χ3n) is 4.30. The molecule has 2 aromatic rings. The fraction of sp³-hybridized carbons (Fsp3) is 0.250. The highest BCUT2D eigenvalue weighted by Crippen LogP contribution is 2.49. The smallest absolute Gasteiger partial charge is 0.267 e. The van der Waals surface area contributed by atoms with E-state index in [9.17, 15) is 16.8 Å². The number of rotatable bonds is 1. The third kappa shape index (κ3) is 2.29. The van der Waals surface area contributed by atoms with Crippen LogP contribution in [0.3, 0.4) is 0 Å². The Kier molecular flexibility index (Phi) is 3.54. The zero-order valence-corrected chi connectivity index (χ0v) is 14.1. The van der Waals surface area contributed by atoms with Gasteiger partial charge in [-0.3, -0.25) is 8.37 Å². The zero-order valence-electron chi connectivity index (χ0n) is 12.5. The Morgan fingerprint density at radius 3 is 1.58 bits per heavy atom. The Labute approximate surface area is 140 Å². The molecule has 0 aromatic heterocycles. The second-order valence-corrected chi connectivity index (χ2v) is 9.41. The summed E-state index contributed by atoms with van der Waals surface area (Å²) in [6.07, 6.45) is 0. The van der Waals surface area contributed by atoms with Gasteiger partial charge in [0.2, 0.25) is 4.58 Å². The minimum atomic E-state index is -4.35. The third-order valence-corrected chi connectivity index (χ3v) is 8.39. The summed E-state index contributed by atoms with van der Waals surface area (Å²) in [6, 6.07) is 14.4. The van der Waals surface area contributed by atoms with Crippen molar-refractivity contribution in [3.05, 3.63) is 59.7 Å². The van der Waals surface area contributed by atoms with Crippen LogP contribution in [0, 0.1) is 0 Å². The standard InChI is InChI=1S/C16H14O6S2/c17-23(18)16(24(19,20)22-10-9-21-23)15-13-7-3-1-5-11(13)12-6-2-4-8-14(12)15/h1-8,15-16H,9-10H2. The molecule has 1 heterocycles. The summed E-state index contributed by atoms with van der Waals surface area (Å²) in [6.45, 7) is -0.623. The van der Waals surface area contributed by atoms with E-state index in [1.807, 2.05) is 24.3 Å². The predicted molar refractivity (Wildman–Crippen MR) is 87.3 cm³/mol. The van der Waals surface area contributed by atoms with Gasteiger partial charge in [-0.1, -0.05) is 48.5 Å². The first-order valence-corrected chi connectivity index (χ1v) is 10.3. The van der Waals surface area contributed by atoms with Crippen molar-refractivity contribution in [1.29, 1.82) is 0 Å². The SMILES string of the molecule is O=S1(=O)OCCOS(=O)(=O)C1C1c2ccccc2-c2ccccc21. The molecule has 2 aliphatic rings. The lowest BCUT2D eigenvalue weighted by Crippen LogP contribution is -2.36. The molecule has 0 N–H and O–H groups in total. The van der Waals surface area contributed by atoms with Crippen molar-refractivity contribution in [3.8, 4) is 11.1 Å². The van der Waals surface area contributed by atoms with Crippen LogP contribution in [0.1, 0.15) is 17.0 Å². The molecule has 0 amide bonds. The molecule has 126 valence electrons. The Morgan fingerprint density at radius 1 is 0.708 bits per heavy atom. The van der Waals surface area contributed by atoms with Crippen molar-refractivity contribution in [2.75, 3.05) is 13.2 Å². The van der Waals surface area contributed by atoms with E-state index >= 15 is 0 Å². The van der Waals surface area contributed by atoms with Gasteiger partial charge in [-0.15, -0.1) is 0 Å². The van der Waals surface area contributed by atoms with Crippen LogP contribution in [0.5, 0.6) is 0 Å². The first kappa shape index (κ1) is 15.8. The fourth-order valence-electron chi connectivity index (χ4n) is 3.40. The van der Waals surface area contributed by atoms with E-state index < -0.39 is 30.7 Å². The maximum Gasteiger partial charge on any atom is 0.288 e. The summed E-state index contributed by atoms with van der Waals surface area (Å²) in [7, 11) is -8.70. The second-order valence-electron chi connectivity index (χ2n) is 5.65. The summed E-state index contributed by atoms with van der Waals surface area (Å²) in [5, 5.41) is 0. The lowest BCUT2D eigenvalue weighted by atomic mass is 9.99. The zero-order chi connectivity index (χ0) is 16.9. The summed E-state index contributed by atoms with van der Waals surface area (Å²) >= 11 is 0. The van der Waals surface area contributed by atoms with Gasteiger partial charge in [-0.05, 0) is 22.3 Å². The second kappa shape index (κ2) is 5.38. The van der Waals surface area contributed by atoms with E-state index in [2.05, 4.69) is 0 Å². The van der Waals surface area contributed by atoms with Crippen LogP contribution in [-0.2, 0) is 28.6 Å². The van der Waals surface area contributed by atoms with Gasteiger partial charge in [0.05, 0.1) is 13.2 Å². The van der Waals surface area contributed by atoms with Crippen molar-refractivity contribution in [3.63, 3.8) is 0 Å². The average molecular weight is 366 g/mol. The van der Waals surface area contributed by atoms with E-state index in [1.54, 1.807) is 24.3 Å². The Balaban J connectivity index is 2.01. The molecule has 1 fully saturated rings. The molecular formula is C16H14O6S2. The molecule has 0 unspecified atom stereocenters. The molecule has 6 nitrogen and oxygen atoms in total. The molecule has 0 atom stereocenters. The number of hydrogen-bond donors (Lipinski definition) is 0. The lowest BCUT2D eigenvalue weighted by molar-refractivity contribution is 0.237. The van der Waals surface area contributed by atoms with Crippen LogP contribution in [0.2, 0.25) is 0 Å². The van der Waals surface area contributed by atoms with Crippen LogP contribution >= 0.6 is 0 Å². The van der Waals surface area contributed by atoms with Crippen LogP contribution in [0.25, 0.3) is 11.1 Å². The molecule has 1 aliphatic carbocycles. The summed E-state index contributed by atoms with van der Waals surface area (Å²) in [5.74, 6) is -0.884. The van der Waals surface area contributed by atoms with E-state index in [0.29, 0.717) is 11.1 Å². The highest BCUT2D eigenvalue weighted by molar-refractivity contribution is 8.05. The van der Waals surface area contributed by atoms with Gasteiger partial charge in [-0.25, -0.2) is 0 Å². The Bertz CT molecular complexity index is 929. The molecule has 0 radical (unpaired) electrons. The molecule has 0 saturated carbocycles. The largest absolute Gasteiger partial charge is 0.288 e. The van der Waals surface area contributed by atoms with E-state index in [1.165, 1.54) is 0 Å². The molecule has 4 rings (SSSR count). The fourth-order valence-corrected chi connectivity index (χ4v) is 7.01. The van der Waals surface area contributed by atoms with Crippen molar-refractivity contribution >= 4 is 20.2 Å². The van der Waals surface area contributed by atoms with Crippen LogP contribution < -0.4 is 0 Å². The molecule has 24 heavy (non-hydrogen) atoms. The molecule has 0 spiro atoms. The lowest BCUT2D eigenvalue weighted by Gasteiger charge is -2.22. The van der Waals surface area contributed by atoms with Crippen molar-refractivity contribution in [2.24, 2.45) is 0 Å². The predicted octanol–water partition coefficient (Wildman–Crippen LogP) is 1.83. The number of fused-ring (bicyclic) bond motifs is 3. The van der Waals surface area contributed by atoms with Crippen LogP contribution in [-0.4, -0.2) is 34.6 Å². The quantitative estimate of drug-likeness (QED) is 0.716. The monoisotopic (exact) mass is 366 g/mol. The van der Waals surface area contributed by atoms with E-state index in [0.717, 1.165) is 11.1 Å².